The van der Waals surface area contributed by atoms with Crippen molar-refractivity contribution < 1.29 is 24.2 Å². The van der Waals surface area contributed by atoms with E-state index in [0.29, 0.717) is 13.2 Å². The minimum atomic E-state index is -0.955. The average molecular weight is 205 g/mol. The summed E-state index contributed by atoms with van der Waals surface area (Å²) in [4.78, 5) is 29.6. The maximum Gasteiger partial charge on any atom is 0.407 e. The molecule has 4 amide bonds. The average Bonchev–Trinajstić information content (AvgIpc) is 2.56. The molecule has 1 aliphatic rings. The Bertz CT molecular complexity index is 222. The lowest BCUT2D eigenvalue weighted by molar-refractivity contribution is -0.122. The van der Waals surface area contributed by atoms with Crippen molar-refractivity contribution in [2.45, 2.75) is 0 Å². The Morgan fingerprint density at radius 3 is 2.43 bits per heavy atom. The Kier molecular flexibility index (Phi) is 5.79. The fraction of sp³-hybridized carbons (Fsp3) is 0.500. The summed E-state index contributed by atoms with van der Waals surface area (Å²) in [5.41, 5.74) is 4.49. The third-order valence-electron chi connectivity index (χ3n) is 1.01. The number of carbonyl (C=O) groups excluding carboxylic acids is 3. The summed E-state index contributed by atoms with van der Waals surface area (Å²) in [5, 5.41) is 12.1. The minimum absolute atomic E-state index is 0.296. The van der Waals surface area contributed by atoms with Crippen LogP contribution in [0.25, 0.3) is 0 Å². The number of nitrogens with two attached hydrogens (primary N) is 1. The second kappa shape index (κ2) is 6.66. The van der Waals surface area contributed by atoms with E-state index in [1.807, 2.05) is 0 Å². The van der Waals surface area contributed by atoms with Crippen LogP contribution in [-0.2, 0) is 9.53 Å². The van der Waals surface area contributed by atoms with Crippen molar-refractivity contribution in [2.24, 2.45) is 5.73 Å². The van der Waals surface area contributed by atoms with Gasteiger partial charge in [-0.15, -0.1) is 0 Å². The van der Waals surface area contributed by atoms with E-state index in [1.165, 1.54) is 0 Å². The number of alkyl carbamates (subject to hydrolysis) is 1. The molecule has 14 heavy (non-hydrogen) atoms. The van der Waals surface area contributed by atoms with Gasteiger partial charge in [0.05, 0.1) is 6.54 Å². The lowest BCUT2D eigenvalue weighted by atomic mass is 10.6. The number of primary amides is 1. The molecule has 0 aliphatic carbocycles. The number of hydrogen-bond donors (Lipinski definition) is 4. The highest BCUT2D eigenvalue weighted by molar-refractivity contribution is 5.93. The van der Waals surface area contributed by atoms with Crippen LogP contribution in [0.15, 0.2) is 0 Å². The molecule has 8 heteroatoms. The first kappa shape index (κ1) is 12.2. The maximum atomic E-state index is 9.96. The molecule has 8 nitrogen and oxygen atoms in total. The van der Waals surface area contributed by atoms with Gasteiger partial charge < -0.3 is 20.9 Å². The molecule has 1 aliphatic heterocycles. The summed E-state index contributed by atoms with van der Waals surface area (Å²) in [7, 11) is 0. The molecule has 0 aromatic heterocycles. The van der Waals surface area contributed by atoms with Gasteiger partial charge in [-0.25, -0.2) is 9.59 Å². The normalized spacial score (nSPS) is 13.1. The number of hydrogen-bond acceptors (Lipinski definition) is 5. The summed E-state index contributed by atoms with van der Waals surface area (Å²) in [5.74, 6) is -0.794. The molecule has 1 rings (SSSR count). The highest BCUT2D eigenvalue weighted by Gasteiger charge is 2.06. The van der Waals surface area contributed by atoms with Gasteiger partial charge in [0.25, 0.3) is 5.91 Å². The molecule has 5 N–H and O–H groups in total. The lowest BCUT2D eigenvalue weighted by Gasteiger charge is -1.92. The van der Waals surface area contributed by atoms with Gasteiger partial charge in [0.1, 0.15) is 13.2 Å². The molecule has 0 spiro atoms. The van der Waals surface area contributed by atoms with Crippen molar-refractivity contribution in [1.29, 1.82) is 0 Å². The van der Waals surface area contributed by atoms with Crippen molar-refractivity contribution in [1.82, 2.24) is 10.6 Å². The molecule has 0 aromatic rings. The van der Waals surface area contributed by atoms with E-state index in [0.717, 1.165) is 0 Å². The van der Waals surface area contributed by atoms with E-state index in [4.69, 9.17) is 5.11 Å². The molecule has 0 aromatic carbocycles. The van der Waals surface area contributed by atoms with Gasteiger partial charge >= 0.3 is 12.1 Å². The number of aliphatic hydroxyl groups is 1. The molecular weight excluding hydrogens is 194 g/mol. The number of urea groups is 1. The third-order valence-corrected chi connectivity index (χ3v) is 1.01. The van der Waals surface area contributed by atoms with Crippen LogP contribution in [0.3, 0.4) is 0 Å². The quantitative estimate of drug-likeness (QED) is 0.389. The van der Waals surface area contributed by atoms with E-state index in [-0.39, 0.29) is 6.09 Å². The Morgan fingerprint density at radius 1 is 1.64 bits per heavy atom. The second-order valence-corrected chi connectivity index (χ2v) is 2.13. The number of ether oxygens (including phenoxy) is 1. The van der Waals surface area contributed by atoms with Gasteiger partial charge in [0.2, 0.25) is 0 Å². The highest BCUT2D eigenvalue weighted by Crippen LogP contribution is 1.82. The van der Waals surface area contributed by atoms with Crippen LogP contribution in [-0.4, -0.2) is 42.9 Å². The summed E-state index contributed by atoms with van der Waals surface area (Å²) in [6, 6.07) is -0.955. The maximum absolute atomic E-state index is 9.96. The summed E-state index contributed by atoms with van der Waals surface area (Å²) < 4.78 is 4.40. The first-order valence-corrected chi connectivity index (χ1v) is 3.67. The zero-order valence-corrected chi connectivity index (χ0v) is 7.28. The van der Waals surface area contributed by atoms with Gasteiger partial charge in [0.15, 0.2) is 0 Å². The molecule has 1 fully saturated rings. The number of rotatable bonds is 1. The monoisotopic (exact) mass is 205 g/mol. The number of aliphatic hydroxyl groups excluding tert-OH is 1. The Labute approximate surface area is 79.4 Å². The van der Waals surface area contributed by atoms with Crippen LogP contribution in [0.2, 0.25) is 0 Å². The molecule has 0 unspecified atom stereocenters. The predicted octanol–water partition coefficient (Wildman–Crippen LogP) is -2.10. The fourth-order valence-corrected chi connectivity index (χ4v) is 0.525. The van der Waals surface area contributed by atoms with Crippen LogP contribution in [0.1, 0.15) is 0 Å². The van der Waals surface area contributed by atoms with E-state index >= 15 is 0 Å². The van der Waals surface area contributed by atoms with Crippen LogP contribution in [0, 0.1) is 0 Å². The number of imide groups is 1. The van der Waals surface area contributed by atoms with Crippen molar-refractivity contribution in [3.8, 4) is 0 Å². The van der Waals surface area contributed by atoms with Crippen LogP contribution in [0.4, 0.5) is 9.59 Å². The summed E-state index contributed by atoms with van der Waals surface area (Å²) >= 11 is 0. The van der Waals surface area contributed by atoms with Crippen molar-refractivity contribution in [3.63, 3.8) is 0 Å². The first-order valence-electron chi connectivity index (χ1n) is 3.67. The van der Waals surface area contributed by atoms with Crippen molar-refractivity contribution in [3.05, 3.63) is 0 Å². The van der Waals surface area contributed by atoms with Gasteiger partial charge in [0, 0.05) is 0 Å². The van der Waals surface area contributed by atoms with Crippen LogP contribution >= 0.6 is 0 Å². The summed E-state index contributed by atoms with van der Waals surface area (Å²) in [6.07, 6.45) is -0.296. The molecule has 0 radical (unpaired) electrons. The number of amides is 4. The Morgan fingerprint density at radius 2 is 2.29 bits per heavy atom. The smallest absolute Gasteiger partial charge is 0.407 e. The molecule has 1 heterocycles. The first-order chi connectivity index (χ1) is 6.56. The van der Waals surface area contributed by atoms with E-state index in [1.54, 1.807) is 5.32 Å². The predicted molar refractivity (Wildman–Crippen MR) is 44.2 cm³/mol. The largest absolute Gasteiger partial charge is 0.448 e. The summed E-state index contributed by atoms with van der Waals surface area (Å²) in [6.45, 7) is 0.473. The van der Waals surface area contributed by atoms with Crippen LogP contribution < -0.4 is 16.4 Å². The Hall–Kier alpha value is -1.83. The standard InChI is InChI=1S/C3H6N2O3.C3H5NO2/c4-3(8)5-2(7)1-6;5-3-4-1-2-6-3/h6H,1H2,(H3,4,5,7,8);1-2H2,(H,4,5). The molecule has 0 bridgehead atoms. The van der Waals surface area contributed by atoms with Gasteiger partial charge in [-0.2, -0.15) is 0 Å². The Balaban J connectivity index is 0.000000249. The minimum Gasteiger partial charge on any atom is -0.448 e. The number of nitrogens with one attached hydrogen (secondary N) is 2. The molecular formula is C6H11N3O5. The molecule has 0 atom stereocenters. The van der Waals surface area contributed by atoms with Crippen LogP contribution in [0.5, 0.6) is 0 Å². The van der Waals surface area contributed by atoms with Gasteiger partial charge in [-0.3, -0.25) is 10.1 Å². The van der Waals surface area contributed by atoms with E-state index in [9.17, 15) is 14.4 Å². The molecule has 1 saturated heterocycles. The third kappa shape index (κ3) is 6.85. The molecule has 0 saturated carbocycles. The topological polar surface area (TPSA) is 131 Å². The van der Waals surface area contributed by atoms with E-state index in [2.05, 4.69) is 15.8 Å². The zero-order chi connectivity index (χ0) is 11.0. The van der Waals surface area contributed by atoms with Crippen molar-refractivity contribution >= 4 is 18.0 Å². The highest BCUT2D eigenvalue weighted by atomic mass is 16.6. The van der Waals surface area contributed by atoms with E-state index < -0.39 is 18.5 Å². The molecule has 80 valence electrons. The number of carbonyl (C=O) groups is 3. The zero-order valence-electron chi connectivity index (χ0n) is 7.28. The fourth-order valence-electron chi connectivity index (χ4n) is 0.525. The number of cyclic esters (lactones) is 1. The van der Waals surface area contributed by atoms with Crippen molar-refractivity contribution in [2.75, 3.05) is 19.8 Å². The SMILES string of the molecule is NC(=O)NC(=O)CO.O=C1NCCO1. The van der Waals surface area contributed by atoms with Gasteiger partial charge in [-0.05, 0) is 0 Å². The second-order valence-electron chi connectivity index (χ2n) is 2.13. The van der Waals surface area contributed by atoms with Gasteiger partial charge in [-0.1, -0.05) is 0 Å². The lowest BCUT2D eigenvalue weighted by Crippen LogP contribution is -2.36.